The van der Waals surface area contributed by atoms with Gasteiger partial charge in [-0.2, -0.15) is 0 Å². The average molecular weight is 444 g/mol. The van der Waals surface area contributed by atoms with Gasteiger partial charge in [0.25, 0.3) is 0 Å². The molecular weight excluding hydrogens is 422 g/mol. The molecule has 2 aromatic rings. The molecule has 1 heterocycles. The van der Waals surface area contributed by atoms with E-state index >= 15 is 0 Å². The Morgan fingerprint density at radius 2 is 1.96 bits per heavy atom. The summed E-state index contributed by atoms with van der Waals surface area (Å²) in [6, 6.07) is 12.4. The fourth-order valence-corrected chi connectivity index (χ4v) is 2.08. The summed E-state index contributed by atoms with van der Waals surface area (Å²) in [7, 11) is 3.28. The van der Waals surface area contributed by atoms with E-state index in [0.717, 1.165) is 5.69 Å². The molecule has 1 aromatic carbocycles. The van der Waals surface area contributed by atoms with Gasteiger partial charge in [0.15, 0.2) is 5.96 Å². The van der Waals surface area contributed by atoms with Crippen molar-refractivity contribution in [1.29, 1.82) is 0 Å². The Morgan fingerprint density at radius 1 is 1.17 bits per heavy atom. The molecule has 5 nitrogen and oxygen atoms in total. The minimum atomic E-state index is -0.183. The molecule has 0 radical (unpaired) electrons. The lowest BCUT2D eigenvalue weighted by Crippen LogP contribution is -2.38. The molecule has 0 unspecified atom stereocenters. The summed E-state index contributed by atoms with van der Waals surface area (Å²) in [5.41, 5.74) is 1.53. The Bertz CT molecular complexity index is 667. The van der Waals surface area contributed by atoms with E-state index < -0.39 is 0 Å². The van der Waals surface area contributed by atoms with E-state index in [2.05, 4.69) is 20.6 Å². The van der Waals surface area contributed by atoms with Gasteiger partial charge in [0.05, 0.1) is 19.3 Å². The van der Waals surface area contributed by atoms with Crippen molar-refractivity contribution < 1.29 is 9.13 Å². The van der Waals surface area contributed by atoms with E-state index in [-0.39, 0.29) is 29.8 Å². The summed E-state index contributed by atoms with van der Waals surface area (Å²) in [5, 5.41) is 6.32. The Morgan fingerprint density at radius 3 is 2.67 bits per heavy atom. The second kappa shape index (κ2) is 10.8. The van der Waals surface area contributed by atoms with Crippen molar-refractivity contribution in [2.24, 2.45) is 4.99 Å². The van der Waals surface area contributed by atoms with E-state index in [0.29, 0.717) is 36.9 Å². The van der Waals surface area contributed by atoms with Gasteiger partial charge >= 0.3 is 0 Å². The van der Waals surface area contributed by atoms with Crippen molar-refractivity contribution in [2.45, 2.75) is 13.0 Å². The predicted octanol–water partition coefficient (Wildman–Crippen LogP) is 2.76. The number of hydrogen-bond donors (Lipinski definition) is 2. The van der Waals surface area contributed by atoms with Gasteiger partial charge in [-0.25, -0.2) is 9.37 Å². The van der Waals surface area contributed by atoms with Crippen molar-refractivity contribution in [3.63, 3.8) is 0 Å². The van der Waals surface area contributed by atoms with Gasteiger partial charge in [-0.15, -0.1) is 24.0 Å². The van der Waals surface area contributed by atoms with Crippen molar-refractivity contribution in [3.8, 4) is 5.88 Å². The minimum absolute atomic E-state index is 0. The Kier molecular flexibility index (Phi) is 9.06. The van der Waals surface area contributed by atoms with Crippen LogP contribution in [0.5, 0.6) is 5.88 Å². The molecule has 1 aromatic heterocycles. The van der Waals surface area contributed by atoms with Crippen LogP contribution in [0.4, 0.5) is 4.39 Å². The summed E-state index contributed by atoms with van der Waals surface area (Å²) < 4.78 is 18.6. The van der Waals surface area contributed by atoms with Crippen LogP contribution in [0.25, 0.3) is 0 Å². The largest absolute Gasteiger partial charge is 0.481 e. The molecule has 2 N–H and O–H groups in total. The number of nitrogens with one attached hydrogen (secondary N) is 2. The Labute approximate surface area is 158 Å². The SMILES string of the molecule is CN=C(NCCc1ccccc1F)NCc1cccc(OC)n1.I. The number of aromatic nitrogens is 1. The van der Waals surface area contributed by atoms with Crippen LogP contribution < -0.4 is 15.4 Å². The first-order valence-electron chi connectivity index (χ1n) is 7.40. The lowest BCUT2D eigenvalue weighted by Gasteiger charge is -2.12. The number of halogens is 2. The first-order valence-corrected chi connectivity index (χ1v) is 7.40. The minimum Gasteiger partial charge on any atom is -0.481 e. The monoisotopic (exact) mass is 444 g/mol. The van der Waals surface area contributed by atoms with E-state index in [1.165, 1.54) is 6.07 Å². The average Bonchev–Trinajstić information content (AvgIpc) is 2.59. The van der Waals surface area contributed by atoms with Crippen LogP contribution >= 0.6 is 24.0 Å². The zero-order valence-corrected chi connectivity index (χ0v) is 16.1. The van der Waals surface area contributed by atoms with Crippen LogP contribution in [0.15, 0.2) is 47.5 Å². The number of aliphatic imine (C=N–C) groups is 1. The molecule has 0 aliphatic heterocycles. The van der Waals surface area contributed by atoms with Crippen molar-refractivity contribution in [2.75, 3.05) is 20.7 Å². The van der Waals surface area contributed by atoms with E-state index in [1.807, 2.05) is 18.2 Å². The van der Waals surface area contributed by atoms with Gasteiger partial charge in [-0.05, 0) is 24.1 Å². The van der Waals surface area contributed by atoms with Crippen LogP contribution in [-0.4, -0.2) is 31.6 Å². The highest BCUT2D eigenvalue weighted by Gasteiger charge is 2.03. The van der Waals surface area contributed by atoms with Gasteiger partial charge in [0.1, 0.15) is 5.82 Å². The van der Waals surface area contributed by atoms with E-state index in [4.69, 9.17) is 4.74 Å². The third-order valence-electron chi connectivity index (χ3n) is 3.30. The molecule has 0 amide bonds. The van der Waals surface area contributed by atoms with E-state index in [1.54, 1.807) is 32.4 Å². The number of methoxy groups -OCH3 is 1. The molecule has 2 rings (SSSR count). The zero-order valence-electron chi connectivity index (χ0n) is 13.8. The Balaban J connectivity index is 0.00000288. The lowest BCUT2D eigenvalue weighted by atomic mass is 10.1. The first-order chi connectivity index (χ1) is 11.2. The second-order valence-corrected chi connectivity index (χ2v) is 4.87. The number of nitrogens with zero attached hydrogens (tertiary/aromatic N) is 2. The van der Waals surface area contributed by atoms with Crippen molar-refractivity contribution in [1.82, 2.24) is 15.6 Å². The number of rotatable bonds is 6. The molecule has 0 atom stereocenters. The summed E-state index contributed by atoms with van der Waals surface area (Å²) in [6.07, 6.45) is 0.588. The van der Waals surface area contributed by atoms with Gasteiger partial charge in [-0.3, -0.25) is 4.99 Å². The zero-order chi connectivity index (χ0) is 16.5. The topological polar surface area (TPSA) is 58.5 Å². The third-order valence-corrected chi connectivity index (χ3v) is 3.30. The van der Waals surface area contributed by atoms with Gasteiger partial charge in [0, 0.05) is 19.7 Å². The number of hydrogen-bond acceptors (Lipinski definition) is 3. The number of benzene rings is 1. The summed E-state index contributed by atoms with van der Waals surface area (Å²) >= 11 is 0. The molecule has 7 heteroatoms. The third kappa shape index (κ3) is 6.31. The van der Waals surface area contributed by atoms with Gasteiger partial charge in [0.2, 0.25) is 5.88 Å². The highest BCUT2D eigenvalue weighted by Crippen LogP contribution is 2.07. The van der Waals surface area contributed by atoms with Gasteiger partial charge in [-0.1, -0.05) is 24.3 Å². The van der Waals surface area contributed by atoms with Crippen molar-refractivity contribution in [3.05, 3.63) is 59.5 Å². The van der Waals surface area contributed by atoms with Crippen LogP contribution in [0, 0.1) is 5.82 Å². The fraction of sp³-hybridized carbons (Fsp3) is 0.294. The number of guanidine groups is 1. The highest BCUT2D eigenvalue weighted by atomic mass is 127. The quantitative estimate of drug-likeness (QED) is 0.409. The van der Waals surface area contributed by atoms with Crippen molar-refractivity contribution >= 4 is 29.9 Å². The van der Waals surface area contributed by atoms with Crippen LogP contribution in [0.1, 0.15) is 11.3 Å². The maximum absolute atomic E-state index is 13.5. The molecule has 0 aliphatic rings. The smallest absolute Gasteiger partial charge is 0.213 e. The Hall–Kier alpha value is -1.90. The molecule has 0 saturated heterocycles. The summed E-state index contributed by atoms with van der Waals surface area (Å²) in [4.78, 5) is 8.46. The molecule has 0 aliphatic carbocycles. The van der Waals surface area contributed by atoms with E-state index in [9.17, 15) is 4.39 Å². The number of ether oxygens (including phenoxy) is 1. The van der Waals surface area contributed by atoms with Crippen LogP contribution in [0.2, 0.25) is 0 Å². The normalized spacial score (nSPS) is 10.7. The molecule has 0 fully saturated rings. The highest BCUT2D eigenvalue weighted by molar-refractivity contribution is 14.0. The molecule has 0 bridgehead atoms. The predicted molar refractivity (Wildman–Crippen MR) is 105 cm³/mol. The molecule has 130 valence electrons. The standard InChI is InChI=1S/C17H21FN4O.HI/c1-19-17(20-11-10-13-6-3-4-8-15(13)18)21-12-14-7-5-9-16(22-14)23-2;/h3-9H,10-12H2,1-2H3,(H2,19,20,21);1H. The van der Waals surface area contributed by atoms with Crippen LogP contribution in [-0.2, 0) is 13.0 Å². The second-order valence-electron chi connectivity index (χ2n) is 4.87. The van der Waals surface area contributed by atoms with Crippen LogP contribution in [0.3, 0.4) is 0 Å². The summed E-state index contributed by atoms with van der Waals surface area (Å²) in [5.74, 6) is 1.04. The fourth-order valence-electron chi connectivity index (χ4n) is 2.08. The number of pyridine rings is 1. The molecule has 24 heavy (non-hydrogen) atoms. The molecular formula is C17H22FIN4O. The molecule has 0 spiro atoms. The molecule has 0 saturated carbocycles. The van der Waals surface area contributed by atoms with Gasteiger partial charge < -0.3 is 15.4 Å². The maximum Gasteiger partial charge on any atom is 0.213 e. The lowest BCUT2D eigenvalue weighted by molar-refractivity contribution is 0.396. The summed E-state index contributed by atoms with van der Waals surface area (Å²) in [6.45, 7) is 1.11. The first kappa shape index (κ1) is 20.1. The maximum atomic E-state index is 13.5.